The van der Waals surface area contributed by atoms with E-state index in [1.165, 1.54) is 0 Å². The summed E-state index contributed by atoms with van der Waals surface area (Å²) in [6.07, 6.45) is 1.69. The molecule has 4 heteroatoms. The molecule has 0 fully saturated rings. The highest BCUT2D eigenvalue weighted by Gasteiger charge is 2.02. The first-order chi connectivity index (χ1) is 6.77. The number of aromatic nitrogens is 2. The summed E-state index contributed by atoms with van der Waals surface area (Å²) in [6.45, 7) is 1.56. The van der Waals surface area contributed by atoms with E-state index in [1.807, 2.05) is 30.3 Å². The highest BCUT2D eigenvalue weighted by molar-refractivity contribution is 5.95. The number of rotatable bonds is 2. The Morgan fingerprint density at radius 3 is 2.73 bits per heavy atom. The van der Waals surface area contributed by atoms with Gasteiger partial charge in [0, 0.05) is 17.3 Å². The molecule has 2 aromatic rings. The molecule has 1 aromatic heterocycles. The first-order valence-corrected chi connectivity index (χ1v) is 4.38. The molecule has 1 heterocycles. The van der Waals surface area contributed by atoms with Crippen LogP contribution in [-0.2, 0) is 0 Å². The van der Waals surface area contributed by atoms with Crippen LogP contribution in [0.3, 0.4) is 0 Å². The number of halogens is 1. The molecule has 2 rings (SSSR count). The number of aromatic amines is 1. The lowest BCUT2D eigenvalue weighted by Crippen LogP contribution is -1.91. The zero-order chi connectivity index (χ0) is 9.97. The summed E-state index contributed by atoms with van der Waals surface area (Å²) in [5.41, 5.74) is 2.63. The Balaban J connectivity index is 0.00000112. The Morgan fingerprint density at radius 2 is 2.13 bits per heavy atom. The molecule has 0 unspecified atom stereocenters. The third-order valence-electron chi connectivity index (χ3n) is 2.08. The maximum absolute atomic E-state index is 11.1. The minimum atomic E-state index is 0. The number of hydrogen-bond donors (Lipinski definition) is 1. The molecule has 3 nitrogen and oxygen atoms in total. The number of H-pyrrole nitrogens is 1. The van der Waals surface area contributed by atoms with E-state index in [9.17, 15) is 4.79 Å². The number of nitrogens with one attached hydrogen (secondary N) is 1. The Labute approximate surface area is 93.9 Å². The van der Waals surface area contributed by atoms with Crippen LogP contribution in [0.4, 0.5) is 0 Å². The molecule has 1 N–H and O–H groups in total. The van der Waals surface area contributed by atoms with Crippen molar-refractivity contribution in [2.75, 3.05) is 0 Å². The van der Waals surface area contributed by atoms with Crippen molar-refractivity contribution >= 4 is 18.2 Å². The van der Waals surface area contributed by atoms with Crippen molar-refractivity contribution in [3.63, 3.8) is 0 Å². The molecule has 0 radical (unpaired) electrons. The summed E-state index contributed by atoms with van der Waals surface area (Å²) in [7, 11) is 0. The molecule has 0 aliphatic rings. The van der Waals surface area contributed by atoms with Crippen molar-refractivity contribution in [1.82, 2.24) is 10.2 Å². The number of benzene rings is 1. The predicted octanol–water partition coefficient (Wildman–Crippen LogP) is 2.70. The third-order valence-corrected chi connectivity index (χ3v) is 2.08. The molecule has 0 spiro atoms. The molecule has 1 aromatic carbocycles. The van der Waals surface area contributed by atoms with Crippen LogP contribution >= 0.6 is 12.4 Å². The van der Waals surface area contributed by atoms with Crippen LogP contribution in [0.5, 0.6) is 0 Å². The largest absolute Gasteiger partial charge is 0.295 e. The van der Waals surface area contributed by atoms with E-state index < -0.39 is 0 Å². The average Bonchev–Trinajstić information content (AvgIpc) is 2.71. The third kappa shape index (κ3) is 2.44. The van der Waals surface area contributed by atoms with Crippen molar-refractivity contribution in [2.45, 2.75) is 6.92 Å². The molecule has 78 valence electrons. The van der Waals surface area contributed by atoms with E-state index in [-0.39, 0.29) is 18.2 Å². The molecular formula is C11H11ClN2O. The summed E-state index contributed by atoms with van der Waals surface area (Å²) in [4.78, 5) is 11.1. The normalized spacial score (nSPS) is 9.40. The monoisotopic (exact) mass is 222 g/mol. The zero-order valence-corrected chi connectivity index (χ0v) is 9.04. The van der Waals surface area contributed by atoms with Gasteiger partial charge in [0.05, 0.1) is 5.69 Å². The molecule has 0 aliphatic carbocycles. The molecule has 0 bridgehead atoms. The second-order valence-corrected chi connectivity index (χ2v) is 3.11. The Bertz CT molecular complexity index is 451. The number of carbonyl (C=O) groups excluding carboxylic acids is 1. The van der Waals surface area contributed by atoms with Crippen molar-refractivity contribution in [3.05, 3.63) is 42.1 Å². The van der Waals surface area contributed by atoms with Gasteiger partial charge in [-0.1, -0.05) is 18.2 Å². The molecule has 0 aliphatic heterocycles. The van der Waals surface area contributed by atoms with Gasteiger partial charge in [-0.05, 0) is 19.1 Å². The molecule has 0 atom stereocenters. The number of ketones is 1. The van der Waals surface area contributed by atoms with Crippen LogP contribution in [-0.4, -0.2) is 16.0 Å². The van der Waals surface area contributed by atoms with Crippen LogP contribution in [0.25, 0.3) is 11.3 Å². The summed E-state index contributed by atoms with van der Waals surface area (Å²) in [6, 6.07) is 9.35. The van der Waals surface area contributed by atoms with E-state index >= 15 is 0 Å². The standard InChI is InChI=1S/C11H10N2O.ClH/c1-8(14)9-3-2-4-10(7-9)11-5-6-12-13-11;/h2-7H,1H3,(H,12,13);1H. The fourth-order valence-electron chi connectivity index (χ4n) is 1.32. The van der Waals surface area contributed by atoms with Gasteiger partial charge in [0.25, 0.3) is 0 Å². The van der Waals surface area contributed by atoms with Crippen molar-refractivity contribution < 1.29 is 4.79 Å². The Hall–Kier alpha value is -1.61. The molecule has 15 heavy (non-hydrogen) atoms. The first kappa shape index (κ1) is 11.5. The van der Waals surface area contributed by atoms with Crippen molar-refractivity contribution in [3.8, 4) is 11.3 Å². The fourth-order valence-corrected chi connectivity index (χ4v) is 1.32. The Kier molecular flexibility index (Phi) is 3.63. The minimum absolute atomic E-state index is 0. The lowest BCUT2D eigenvalue weighted by Gasteiger charge is -1.99. The number of carbonyl (C=O) groups is 1. The molecular weight excluding hydrogens is 212 g/mol. The van der Waals surface area contributed by atoms with E-state index in [2.05, 4.69) is 10.2 Å². The van der Waals surface area contributed by atoms with E-state index in [0.29, 0.717) is 0 Å². The van der Waals surface area contributed by atoms with E-state index in [0.717, 1.165) is 16.8 Å². The summed E-state index contributed by atoms with van der Waals surface area (Å²) in [5.74, 6) is 0.0753. The van der Waals surface area contributed by atoms with Gasteiger partial charge in [-0.25, -0.2) is 0 Å². The summed E-state index contributed by atoms with van der Waals surface area (Å²) >= 11 is 0. The Morgan fingerprint density at radius 1 is 1.33 bits per heavy atom. The van der Waals surface area contributed by atoms with Crippen LogP contribution in [0, 0.1) is 0 Å². The molecule has 0 saturated carbocycles. The van der Waals surface area contributed by atoms with Gasteiger partial charge >= 0.3 is 0 Å². The second kappa shape index (κ2) is 4.75. The fraction of sp³-hybridized carbons (Fsp3) is 0.0909. The van der Waals surface area contributed by atoms with Crippen LogP contribution < -0.4 is 0 Å². The second-order valence-electron chi connectivity index (χ2n) is 3.11. The molecule has 0 saturated heterocycles. The van der Waals surface area contributed by atoms with Crippen molar-refractivity contribution in [2.24, 2.45) is 0 Å². The van der Waals surface area contributed by atoms with Crippen LogP contribution in [0.2, 0.25) is 0 Å². The first-order valence-electron chi connectivity index (χ1n) is 4.38. The topological polar surface area (TPSA) is 45.8 Å². The molecule has 0 amide bonds. The zero-order valence-electron chi connectivity index (χ0n) is 8.23. The van der Waals surface area contributed by atoms with E-state index in [4.69, 9.17) is 0 Å². The number of nitrogens with zero attached hydrogens (tertiary/aromatic N) is 1. The van der Waals surface area contributed by atoms with Crippen molar-refractivity contribution in [1.29, 1.82) is 0 Å². The summed E-state index contributed by atoms with van der Waals surface area (Å²) in [5, 5.41) is 6.72. The summed E-state index contributed by atoms with van der Waals surface area (Å²) < 4.78 is 0. The minimum Gasteiger partial charge on any atom is -0.295 e. The van der Waals surface area contributed by atoms with Gasteiger partial charge in [0.2, 0.25) is 0 Å². The maximum atomic E-state index is 11.1. The van der Waals surface area contributed by atoms with Gasteiger partial charge in [0.15, 0.2) is 5.78 Å². The lowest BCUT2D eigenvalue weighted by atomic mass is 10.1. The smallest absolute Gasteiger partial charge is 0.159 e. The quantitative estimate of drug-likeness (QED) is 0.795. The highest BCUT2D eigenvalue weighted by Crippen LogP contribution is 2.17. The number of Topliss-reactive ketones (excluding diaryl/α,β-unsaturated/α-hetero) is 1. The average molecular weight is 223 g/mol. The van der Waals surface area contributed by atoms with Crippen LogP contribution in [0.15, 0.2) is 36.5 Å². The SMILES string of the molecule is CC(=O)c1cccc(-c2ccn[nH]2)c1.Cl. The van der Waals surface area contributed by atoms with Gasteiger partial charge < -0.3 is 0 Å². The van der Waals surface area contributed by atoms with E-state index in [1.54, 1.807) is 13.1 Å². The highest BCUT2D eigenvalue weighted by atomic mass is 35.5. The van der Waals surface area contributed by atoms with Gasteiger partial charge in [-0.3, -0.25) is 9.89 Å². The van der Waals surface area contributed by atoms with Crippen LogP contribution in [0.1, 0.15) is 17.3 Å². The lowest BCUT2D eigenvalue weighted by molar-refractivity contribution is 0.101. The predicted molar refractivity (Wildman–Crippen MR) is 61.3 cm³/mol. The van der Waals surface area contributed by atoms with Gasteiger partial charge in [-0.2, -0.15) is 5.10 Å². The van der Waals surface area contributed by atoms with Gasteiger partial charge in [-0.15, -0.1) is 12.4 Å². The maximum Gasteiger partial charge on any atom is 0.159 e. The number of hydrogen-bond acceptors (Lipinski definition) is 2. The van der Waals surface area contributed by atoms with Gasteiger partial charge in [0.1, 0.15) is 0 Å².